The highest BCUT2D eigenvalue weighted by molar-refractivity contribution is 6.33. The van der Waals surface area contributed by atoms with Crippen molar-refractivity contribution in [3.05, 3.63) is 16.4 Å². The summed E-state index contributed by atoms with van der Waals surface area (Å²) in [6.45, 7) is 3.02. The minimum absolute atomic E-state index is 0.150. The van der Waals surface area contributed by atoms with E-state index in [1.807, 2.05) is 7.05 Å². The first kappa shape index (κ1) is 12.8. The molecule has 0 aliphatic carbocycles. The van der Waals surface area contributed by atoms with Crippen LogP contribution in [0.3, 0.4) is 0 Å². The van der Waals surface area contributed by atoms with Crippen LogP contribution in [0.5, 0.6) is 0 Å². The first-order valence-electron chi connectivity index (χ1n) is 5.40. The number of nitrogens with zero attached hydrogens (tertiary/aromatic N) is 3. The molecule has 1 aromatic heterocycles. The number of rotatable bonds is 3. The standard InChI is InChI=1S/C10H14Cl2N4O/c1-13-5-7-6-16(2-3-17-7)8-4-9(11)14-15-10(8)12/h4,7,13H,2-3,5-6H2,1H3. The molecule has 1 N–H and O–H groups in total. The largest absolute Gasteiger partial charge is 0.373 e. The molecule has 1 unspecified atom stereocenters. The zero-order valence-electron chi connectivity index (χ0n) is 9.49. The first-order chi connectivity index (χ1) is 8.20. The lowest BCUT2D eigenvalue weighted by molar-refractivity contribution is 0.0421. The second-order valence-electron chi connectivity index (χ2n) is 3.84. The zero-order valence-corrected chi connectivity index (χ0v) is 11.0. The van der Waals surface area contributed by atoms with E-state index < -0.39 is 0 Å². The molecule has 1 fully saturated rings. The van der Waals surface area contributed by atoms with Gasteiger partial charge in [0.1, 0.15) is 0 Å². The Morgan fingerprint density at radius 2 is 2.35 bits per heavy atom. The highest BCUT2D eigenvalue weighted by Crippen LogP contribution is 2.26. The van der Waals surface area contributed by atoms with E-state index in [1.54, 1.807) is 6.07 Å². The lowest BCUT2D eigenvalue weighted by Gasteiger charge is -2.34. The number of nitrogens with one attached hydrogen (secondary N) is 1. The molecule has 0 amide bonds. The first-order valence-corrected chi connectivity index (χ1v) is 6.16. The van der Waals surface area contributed by atoms with E-state index in [1.165, 1.54) is 0 Å². The van der Waals surface area contributed by atoms with Crippen molar-refractivity contribution in [3.63, 3.8) is 0 Å². The van der Waals surface area contributed by atoms with Crippen molar-refractivity contribution >= 4 is 28.9 Å². The Morgan fingerprint density at radius 3 is 3.12 bits per heavy atom. The number of hydrogen-bond acceptors (Lipinski definition) is 5. The van der Waals surface area contributed by atoms with Gasteiger partial charge in [-0.15, -0.1) is 10.2 Å². The predicted octanol–water partition coefficient (Wildman–Crippen LogP) is 1.21. The van der Waals surface area contributed by atoms with E-state index in [0.29, 0.717) is 16.9 Å². The lowest BCUT2D eigenvalue weighted by Crippen LogP contribution is -2.46. The maximum absolute atomic E-state index is 6.02. The van der Waals surface area contributed by atoms with Gasteiger partial charge in [0.25, 0.3) is 0 Å². The third-order valence-electron chi connectivity index (χ3n) is 2.61. The maximum atomic E-state index is 6.02. The molecule has 94 valence electrons. The Labute approximate surface area is 110 Å². The molecule has 7 heteroatoms. The Kier molecular flexibility index (Phi) is 4.39. The molecule has 0 radical (unpaired) electrons. The zero-order chi connectivity index (χ0) is 12.3. The van der Waals surface area contributed by atoms with Gasteiger partial charge in [-0.25, -0.2) is 0 Å². The van der Waals surface area contributed by atoms with Crippen molar-refractivity contribution in [2.75, 3.05) is 38.2 Å². The number of halogens is 2. The van der Waals surface area contributed by atoms with Crippen molar-refractivity contribution < 1.29 is 4.74 Å². The Morgan fingerprint density at radius 1 is 1.53 bits per heavy atom. The second kappa shape index (κ2) is 5.82. The van der Waals surface area contributed by atoms with Crippen LogP contribution in [0.2, 0.25) is 10.3 Å². The Balaban J connectivity index is 2.13. The minimum atomic E-state index is 0.150. The van der Waals surface area contributed by atoms with Gasteiger partial charge in [-0.3, -0.25) is 0 Å². The summed E-state index contributed by atoms with van der Waals surface area (Å²) in [6, 6.07) is 1.73. The van der Waals surface area contributed by atoms with E-state index in [0.717, 1.165) is 25.3 Å². The van der Waals surface area contributed by atoms with Gasteiger partial charge in [-0.1, -0.05) is 23.2 Å². The number of ether oxygens (including phenoxy) is 1. The molecule has 0 spiro atoms. The van der Waals surface area contributed by atoms with Crippen LogP contribution < -0.4 is 10.2 Å². The third-order valence-corrected chi connectivity index (χ3v) is 3.07. The molecular weight excluding hydrogens is 263 g/mol. The molecule has 0 aromatic carbocycles. The molecule has 1 saturated heterocycles. The SMILES string of the molecule is CNCC1CN(c2cc(Cl)nnc2Cl)CCO1. The summed E-state index contributed by atoms with van der Waals surface area (Å²) in [7, 11) is 1.90. The topological polar surface area (TPSA) is 50.3 Å². The van der Waals surface area contributed by atoms with Crippen LogP contribution >= 0.6 is 23.2 Å². The fraction of sp³-hybridized carbons (Fsp3) is 0.600. The van der Waals surface area contributed by atoms with E-state index in [-0.39, 0.29) is 6.10 Å². The predicted molar refractivity (Wildman–Crippen MR) is 67.9 cm³/mol. The van der Waals surface area contributed by atoms with E-state index in [9.17, 15) is 0 Å². The third kappa shape index (κ3) is 3.19. The van der Waals surface area contributed by atoms with Gasteiger partial charge >= 0.3 is 0 Å². The van der Waals surface area contributed by atoms with E-state index in [2.05, 4.69) is 20.4 Å². The summed E-state index contributed by atoms with van der Waals surface area (Å²) >= 11 is 11.9. The number of hydrogen-bond donors (Lipinski definition) is 1. The number of morpholine rings is 1. The normalized spacial score (nSPS) is 20.6. The van der Waals surface area contributed by atoms with Crippen LogP contribution in [0, 0.1) is 0 Å². The van der Waals surface area contributed by atoms with Crippen molar-refractivity contribution in [1.29, 1.82) is 0 Å². The van der Waals surface area contributed by atoms with E-state index in [4.69, 9.17) is 27.9 Å². The number of likely N-dealkylation sites (N-methyl/N-ethyl adjacent to an activating group) is 1. The van der Waals surface area contributed by atoms with Crippen LogP contribution in [0.4, 0.5) is 5.69 Å². The smallest absolute Gasteiger partial charge is 0.175 e. The van der Waals surface area contributed by atoms with Crippen LogP contribution in [-0.4, -0.2) is 49.6 Å². The summed E-state index contributed by atoms with van der Waals surface area (Å²) in [5, 5.41) is 11.3. The van der Waals surface area contributed by atoms with Crippen LogP contribution in [0.25, 0.3) is 0 Å². The van der Waals surface area contributed by atoms with Crippen LogP contribution in [0.1, 0.15) is 0 Å². The molecule has 1 aliphatic rings. The monoisotopic (exact) mass is 276 g/mol. The van der Waals surface area contributed by atoms with Gasteiger partial charge in [0.2, 0.25) is 0 Å². The number of anilines is 1. The summed E-state index contributed by atoms with van der Waals surface area (Å²) in [6.07, 6.45) is 0.150. The van der Waals surface area contributed by atoms with Crippen molar-refractivity contribution in [2.24, 2.45) is 0 Å². The Hall–Kier alpha value is -0.620. The Bertz CT molecular complexity index is 389. The molecule has 5 nitrogen and oxygen atoms in total. The maximum Gasteiger partial charge on any atom is 0.175 e. The molecule has 17 heavy (non-hydrogen) atoms. The van der Waals surface area contributed by atoms with Crippen molar-refractivity contribution in [2.45, 2.75) is 6.10 Å². The highest BCUT2D eigenvalue weighted by Gasteiger charge is 2.22. The summed E-state index contributed by atoms with van der Waals surface area (Å²) in [4.78, 5) is 2.12. The van der Waals surface area contributed by atoms with Crippen molar-refractivity contribution in [3.8, 4) is 0 Å². The molecule has 1 aromatic rings. The fourth-order valence-electron chi connectivity index (χ4n) is 1.86. The number of aromatic nitrogens is 2. The average molecular weight is 277 g/mol. The molecular formula is C10H14Cl2N4O. The van der Waals surface area contributed by atoms with Crippen LogP contribution in [0.15, 0.2) is 6.07 Å². The van der Waals surface area contributed by atoms with Gasteiger partial charge in [0, 0.05) is 25.7 Å². The lowest BCUT2D eigenvalue weighted by atomic mass is 10.2. The molecule has 1 aliphatic heterocycles. The minimum Gasteiger partial charge on any atom is -0.373 e. The van der Waals surface area contributed by atoms with Gasteiger partial charge in [-0.05, 0) is 7.05 Å². The van der Waals surface area contributed by atoms with Gasteiger partial charge in [0.15, 0.2) is 10.3 Å². The van der Waals surface area contributed by atoms with Crippen molar-refractivity contribution in [1.82, 2.24) is 15.5 Å². The average Bonchev–Trinajstić information content (AvgIpc) is 2.33. The molecule has 2 rings (SSSR count). The van der Waals surface area contributed by atoms with Gasteiger partial charge < -0.3 is 15.0 Å². The second-order valence-corrected chi connectivity index (χ2v) is 4.58. The van der Waals surface area contributed by atoms with Gasteiger partial charge in [-0.2, -0.15) is 0 Å². The summed E-state index contributed by atoms with van der Waals surface area (Å²) in [5.74, 6) is 0. The summed E-state index contributed by atoms with van der Waals surface area (Å²) in [5.41, 5.74) is 0.816. The van der Waals surface area contributed by atoms with E-state index >= 15 is 0 Å². The molecule has 2 heterocycles. The van der Waals surface area contributed by atoms with Gasteiger partial charge in [0.05, 0.1) is 18.4 Å². The fourth-order valence-corrected chi connectivity index (χ4v) is 2.21. The quantitative estimate of drug-likeness (QED) is 0.900. The summed E-state index contributed by atoms with van der Waals surface area (Å²) < 4.78 is 5.62. The highest BCUT2D eigenvalue weighted by atomic mass is 35.5. The molecule has 1 atom stereocenters. The molecule has 0 bridgehead atoms. The van der Waals surface area contributed by atoms with Crippen LogP contribution in [-0.2, 0) is 4.74 Å². The molecule has 0 saturated carbocycles.